The Labute approximate surface area is 149 Å². The first-order valence-electron chi connectivity index (χ1n) is 9.15. The first-order valence-corrected chi connectivity index (χ1v) is 9.15. The van der Waals surface area contributed by atoms with Gasteiger partial charge in [0.25, 0.3) is 0 Å². The maximum atomic E-state index is 12.5. The molecule has 0 atom stereocenters. The van der Waals surface area contributed by atoms with Crippen LogP contribution in [0.3, 0.4) is 0 Å². The molecule has 4 nitrogen and oxygen atoms in total. The molecule has 1 aliphatic carbocycles. The molecule has 0 aromatic heterocycles. The molecular formula is C21H25N3O. The zero-order valence-electron chi connectivity index (χ0n) is 14.5. The Morgan fingerprint density at radius 1 is 0.880 bits per heavy atom. The number of hydrogen-bond acceptors (Lipinski definition) is 2. The van der Waals surface area contributed by atoms with Crippen molar-refractivity contribution in [1.29, 1.82) is 0 Å². The molecule has 2 fully saturated rings. The van der Waals surface area contributed by atoms with Crippen LogP contribution < -0.4 is 10.2 Å². The molecule has 0 unspecified atom stereocenters. The standard InChI is InChI=1S/C21H25N3O/c25-20(22-17-21(11-12-21)18-7-3-1-4-8-18)24-15-13-23(14-16-24)19-9-5-2-6-10-19/h1-10H,11-17H2,(H,22,25). The van der Waals surface area contributed by atoms with Crippen LogP contribution in [0, 0.1) is 0 Å². The summed E-state index contributed by atoms with van der Waals surface area (Å²) in [4.78, 5) is 16.8. The number of para-hydroxylation sites is 1. The molecule has 2 aromatic rings. The number of nitrogens with zero attached hydrogens (tertiary/aromatic N) is 2. The maximum Gasteiger partial charge on any atom is 0.317 e. The minimum Gasteiger partial charge on any atom is -0.368 e. The van der Waals surface area contributed by atoms with Gasteiger partial charge in [0.1, 0.15) is 0 Å². The molecule has 0 bridgehead atoms. The van der Waals surface area contributed by atoms with E-state index in [0.717, 1.165) is 32.7 Å². The molecule has 1 saturated heterocycles. The second kappa shape index (κ2) is 6.79. The topological polar surface area (TPSA) is 35.6 Å². The molecule has 130 valence electrons. The van der Waals surface area contributed by atoms with E-state index < -0.39 is 0 Å². The fraction of sp³-hybridized carbons (Fsp3) is 0.381. The van der Waals surface area contributed by atoms with Crippen molar-refractivity contribution < 1.29 is 4.79 Å². The van der Waals surface area contributed by atoms with Gasteiger partial charge in [-0.1, -0.05) is 48.5 Å². The van der Waals surface area contributed by atoms with Crippen molar-refractivity contribution in [3.63, 3.8) is 0 Å². The summed E-state index contributed by atoms with van der Waals surface area (Å²) in [5.41, 5.74) is 2.76. The van der Waals surface area contributed by atoms with Crippen LogP contribution >= 0.6 is 0 Å². The molecule has 4 heteroatoms. The Morgan fingerprint density at radius 3 is 2.08 bits per heavy atom. The minimum atomic E-state index is 0.0786. The summed E-state index contributed by atoms with van der Waals surface area (Å²) in [6.07, 6.45) is 2.33. The fourth-order valence-corrected chi connectivity index (χ4v) is 3.67. The molecule has 1 saturated carbocycles. The monoisotopic (exact) mass is 335 g/mol. The van der Waals surface area contributed by atoms with Gasteiger partial charge in [-0.25, -0.2) is 4.79 Å². The van der Waals surface area contributed by atoms with Crippen LogP contribution in [0.25, 0.3) is 0 Å². The number of carbonyl (C=O) groups excluding carboxylic acids is 1. The normalized spacial score (nSPS) is 18.7. The molecule has 25 heavy (non-hydrogen) atoms. The second-order valence-corrected chi connectivity index (χ2v) is 7.11. The number of urea groups is 1. The average Bonchev–Trinajstić information content (AvgIpc) is 3.49. The lowest BCUT2D eigenvalue weighted by molar-refractivity contribution is 0.193. The van der Waals surface area contributed by atoms with Crippen LogP contribution in [0.15, 0.2) is 60.7 Å². The smallest absolute Gasteiger partial charge is 0.317 e. The van der Waals surface area contributed by atoms with Gasteiger partial charge in [0.15, 0.2) is 0 Å². The van der Waals surface area contributed by atoms with Gasteiger partial charge in [0.05, 0.1) is 0 Å². The van der Waals surface area contributed by atoms with E-state index in [0.29, 0.717) is 0 Å². The summed E-state index contributed by atoms with van der Waals surface area (Å²) in [5, 5.41) is 3.18. The molecule has 1 aliphatic heterocycles. The number of nitrogens with one attached hydrogen (secondary N) is 1. The summed E-state index contributed by atoms with van der Waals surface area (Å²) < 4.78 is 0. The Bertz CT molecular complexity index is 704. The second-order valence-electron chi connectivity index (χ2n) is 7.11. The van der Waals surface area contributed by atoms with Crippen molar-refractivity contribution in [2.24, 2.45) is 0 Å². The van der Waals surface area contributed by atoms with Crippen molar-refractivity contribution >= 4 is 11.7 Å². The molecule has 2 aliphatic rings. The Morgan fingerprint density at radius 2 is 1.48 bits per heavy atom. The van der Waals surface area contributed by atoms with E-state index in [4.69, 9.17) is 0 Å². The summed E-state index contributed by atoms with van der Waals surface area (Å²) in [6, 6.07) is 21.1. The Balaban J connectivity index is 1.29. The number of anilines is 1. The number of hydrogen-bond donors (Lipinski definition) is 1. The third kappa shape index (κ3) is 3.48. The Hall–Kier alpha value is -2.49. The first kappa shape index (κ1) is 16.0. The van der Waals surface area contributed by atoms with Crippen LogP contribution in [0.2, 0.25) is 0 Å². The lowest BCUT2D eigenvalue weighted by atomic mass is 9.96. The SMILES string of the molecule is O=C(NCC1(c2ccccc2)CC1)N1CCN(c2ccccc2)CC1. The number of benzene rings is 2. The van der Waals surface area contributed by atoms with E-state index in [9.17, 15) is 4.79 Å². The molecule has 2 amide bonds. The average molecular weight is 335 g/mol. The van der Waals surface area contributed by atoms with Crippen molar-refractivity contribution in [2.45, 2.75) is 18.3 Å². The van der Waals surface area contributed by atoms with Gasteiger partial charge in [-0.2, -0.15) is 0 Å². The molecule has 1 N–H and O–H groups in total. The van der Waals surface area contributed by atoms with E-state index in [-0.39, 0.29) is 11.4 Å². The van der Waals surface area contributed by atoms with E-state index in [1.165, 1.54) is 24.1 Å². The van der Waals surface area contributed by atoms with E-state index in [2.05, 4.69) is 58.7 Å². The van der Waals surface area contributed by atoms with Crippen LogP contribution in [0.1, 0.15) is 18.4 Å². The van der Waals surface area contributed by atoms with Gasteiger partial charge in [-0.3, -0.25) is 0 Å². The van der Waals surface area contributed by atoms with Gasteiger partial charge in [-0.15, -0.1) is 0 Å². The third-order valence-electron chi connectivity index (χ3n) is 5.51. The first-order chi connectivity index (χ1) is 12.3. The van der Waals surface area contributed by atoms with E-state index >= 15 is 0 Å². The number of carbonyl (C=O) groups is 1. The predicted molar refractivity (Wildman–Crippen MR) is 101 cm³/mol. The van der Waals surface area contributed by atoms with Gasteiger partial charge in [0.2, 0.25) is 0 Å². The highest BCUT2D eigenvalue weighted by molar-refractivity contribution is 5.74. The summed E-state index contributed by atoms with van der Waals surface area (Å²) in [5.74, 6) is 0. The largest absolute Gasteiger partial charge is 0.368 e. The maximum absolute atomic E-state index is 12.5. The summed E-state index contributed by atoms with van der Waals surface area (Å²) >= 11 is 0. The quantitative estimate of drug-likeness (QED) is 0.931. The fourth-order valence-electron chi connectivity index (χ4n) is 3.67. The molecule has 0 radical (unpaired) electrons. The number of piperazine rings is 1. The number of rotatable bonds is 4. The third-order valence-corrected chi connectivity index (χ3v) is 5.51. The zero-order chi connectivity index (χ0) is 17.1. The molecule has 2 aromatic carbocycles. The van der Waals surface area contributed by atoms with Crippen LogP contribution in [0.4, 0.5) is 10.5 Å². The molecule has 4 rings (SSSR count). The highest BCUT2D eigenvalue weighted by Crippen LogP contribution is 2.47. The Kier molecular flexibility index (Phi) is 4.35. The van der Waals surface area contributed by atoms with Crippen LogP contribution in [0.5, 0.6) is 0 Å². The molecule has 0 spiro atoms. The van der Waals surface area contributed by atoms with Crippen molar-refractivity contribution in [2.75, 3.05) is 37.6 Å². The van der Waals surface area contributed by atoms with Crippen molar-refractivity contribution in [3.05, 3.63) is 66.2 Å². The lowest BCUT2D eigenvalue weighted by Crippen LogP contribution is -2.52. The molecular weight excluding hydrogens is 310 g/mol. The van der Waals surface area contributed by atoms with Gasteiger partial charge in [0, 0.05) is 43.8 Å². The van der Waals surface area contributed by atoms with Gasteiger partial charge < -0.3 is 15.1 Å². The molecule has 1 heterocycles. The highest BCUT2D eigenvalue weighted by atomic mass is 16.2. The van der Waals surface area contributed by atoms with Gasteiger partial charge in [-0.05, 0) is 30.5 Å². The summed E-state index contributed by atoms with van der Waals surface area (Å²) in [7, 11) is 0. The van der Waals surface area contributed by atoms with Crippen molar-refractivity contribution in [3.8, 4) is 0 Å². The summed E-state index contributed by atoms with van der Waals surface area (Å²) in [6.45, 7) is 4.08. The number of amides is 2. The highest BCUT2D eigenvalue weighted by Gasteiger charge is 2.44. The lowest BCUT2D eigenvalue weighted by Gasteiger charge is -2.36. The minimum absolute atomic E-state index is 0.0786. The van der Waals surface area contributed by atoms with Crippen LogP contribution in [-0.4, -0.2) is 43.7 Å². The van der Waals surface area contributed by atoms with Crippen molar-refractivity contribution in [1.82, 2.24) is 10.2 Å². The predicted octanol–water partition coefficient (Wildman–Crippen LogP) is 3.25. The van der Waals surface area contributed by atoms with E-state index in [1.807, 2.05) is 17.0 Å². The van der Waals surface area contributed by atoms with Crippen LogP contribution in [-0.2, 0) is 5.41 Å². The zero-order valence-corrected chi connectivity index (χ0v) is 14.5. The van der Waals surface area contributed by atoms with Gasteiger partial charge >= 0.3 is 6.03 Å². The van der Waals surface area contributed by atoms with E-state index in [1.54, 1.807) is 0 Å².